The van der Waals surface area contributed by atoms with Gasteiger partial charge in [-0.3, -0.25) is 19.3 Å². The molecule has 1 amide bonds. The van der Waals surface area contributed by atoms with E-state index >= 15 is 4.39 Å². The van der Waals surface area contributed by atoms with Crippen LogP contribution in [0.15, 0.2) is 62.7 Å². The molecule has 8 rings (SSSR count). The third-order valence-corrected chi connectivity index (χ3v) is 9.05. The number of benzene rings is 3. The summed E-state index contributed by atoms with van der Waals surface area (Å²) in [5, 5.41) is 5.82. The first-order valence-electron chi connectivity index (χ1n) is 14.9. The molecule has 2 saturated heterocycles. The summed E-state index contributed by atoms with van der Waals surface area (Å²) in [6, 6.07) is 11.9. The SMILES string of the molecule is C.N[C@H]1CCN(C(=O)c2cn3c4cc5c(cc4oc4c(NCCN6CCOCC6)c(F)cc(c2=O)c43)c(=O)c2ccccc25)C1. The zero-order valence-corrected chi connectivity index (χ0v) is 23.9. The molecule has 232 valence electrons. The molecule has 45 heavy (non-hydrogen) atoms. The van der Waals surface area contributed by atoms with Crippen molar-refractivity contribution in [2.75, 3.05) is 57.8 Å². The monoisotopic (exact) mass is 611 g/mol. The number of amides is 1. The summed E-state index contributed by atoms with van der Waals surface area (Å²) in [5.74, 6) is -1.11. The van der Waals surface area contributed by atoms with Gasteiger partial charge in [0.25, 0.3) is 5.91 Å². The van der Waals surface area contributed by atoms with Gasteiger partial charge in [0.2, 0.25) is 5.43 Å². The van der Waals surface area contributed by atoms with Crippen LogP contribution in [0.25, 0.3) is 49.1 Å². The van der Waals surface area contributed by atoms with Crippen molar-refractivity contribution < 1.29 is 18.3 Å². The molecular weight excluding hydrogens is 577 g/mol. The van der Waals surface area contributed by atoms with Gasteiger partial charge in [0, 0.05) is 62.3 Å². The Balaban J connectivity index is 0.00000325. The largest absolute Gasteiger partial charge is 0.451 e. The molecule has 1 atom stereocenters. The van der Waals surface area contributed by atoms with Crippen LogP contribution in [0.1, 0.15) is 24.2 Å². The molecular formula is C34H34FN5O5. The van der Waals surface area contributed by atoms with Gasteiger partial charge in [-0.15, -0.1) is 0 Å². The molecule has 2 aliphatic rings. The zero-order chi connectivity index (χ0) is 30.1. The van der Waals surface area contributed by atoms with Crippen LogP contribution >= 0.6 is 0 Å². The number of aromatic nitrogens is 1. The molecule has 11 heteroatoms. The van der Waals surface area contributed by atoms with E-state index in [4.69, 9.17) is 14.9 Å². The Morgan fingerprint density at radius 3 is 2.51 bits per heavy atom. The van der Waals surface area contributed by atoms with Crippen molar-refractivity contribution in [1.82, 2.24) is 14.2 Å². The number of hydrogen-bond donors (Lipinski definition) is 2. The van der Waals surface area contributed by atoms with Crippen molar-refractivity contribution in [2.24, 2.45) is 5.73 Å². The highest BCUT2D eigenvalue weighted by molar-refractivity contribution is 6.15. The molecule has 0 aliphatic carbocycles. The molecule has 0 unspecified atom stereocenters. The van der Waals surface area contributed by atoms with Gasteiger partial charge in [0.05, 0.1) is 24.1 Å². The molecule has 2 fully saturated rings. The Kier molecular flexibility index (Phi) is 7.19. The van der Waals surface area contributed by atoms with Gasteiger partial charge in [-0.25, -0.2) is 4.39 Å². The molecule has 0 radical (unpaired) electrons. The number of nitrogens with one attached hydrogen (secondary N) is 1. The van der Waals surface area contributed by atoms with E-state index in [0.717, 1.165) is 23.9 Å². The average Bonchev–Trinajstić information content (AvgIpc) is 3.59. The van der Waals surface area contributed by atoms with Crippen molar-refractivity contribution in [1.29, 1.82) is 0 Å². The Morgan fingerprint density at radius 1 is 0.978 bits per heavy atom. The number of halogens is 1. The van der Waals surface area contributed by atoms with Crippen LogP contribution in [0.4, 0.5) is 10.1 Å². The van der Waals surface area contributed by atoms with Crippen LogP contribution in [-0.4, -0.2) is 78.6 Å². The lowest BCUT2D eigenvalue weighted by atomic mass is 10.1. The lowest BCUT2D eigenvalue weighted by Gasteiger charge is -2.26. The summed E-state index contributed by atoms with van der Waals surface area (Å²) in [7, 11) is 0. The van der Waals surface area contributed by atoms with Gasteiger partial charge in [0.15, 0.2) is 22.4 Å². The van der Waals surface area contributed by atoms with E-state index in [-0.39, 0.29) is 41.1 Å². The summed E-state index contributed by atoms with van der Waals surface area (Å²) in [6.07, 6.45) is 2.16. The first kappa shape index (κ1) is 29.1. The Hall–Kier alpha value is -4.58. The van der Waals surface area contributed by atoms with Crippen LogP contribution in [-0.2, 0) is 4.74 Å². The van der Waals surface area contributed by atoms with Crippen molar-refractivity contribution in [3.05, 3.63) is 80.5 Å². The minimum atomic E-state index is -0.668. The van der Waals surface area contributed by atoms with Crippen LogP contribution in [0.2, 0.25) is 0 Å². The lowest BCUT2D eigenvalue weighted by molar-refractivity contribution is 0.0398. The number of ether oxygens (including phenoxy) is 1. The first-order chi connectivity index (χ1) is 21.4. The normalized spacial score (nSPS) is 17.6. The number of nitrogens with zero attached hydrogens (tertiary/aromatic N) is 3. The summed E-state index contributed by atoms with van der Waals surface area (Å²) in [5.41, 5.74) is 6.76. The van der Waals surface area contributed by atoms with E-state index in [9.17, 15) is 14.4 Å². The van der Waals surface area contributed by atoms with Crippen LogP contribution < -0.4 is 21.9 Å². The molecule has 0 saturated carbocycles. The molecule has 3 N–H and O–H groups in total. The highest BCUT2D eigenvalue weighted by Crippen LogP contribution is 2.36. The molecule has 0 bridgehead atoms. The molecule has 4 heterocycles. The van der Waals surface area contributed by atoms with Crippen molar-refractivity contribution in [3.63, 3.8) is 0 Å². The third-order valence-electron chi connectivity index (χ3n) is 9.05. The van der Waals surface area contributed by atoms with E-state index in [1.54, 1.807) is 21.4 Å². The summed E-state index contributed by atoms with van der Waals surface area (Å²) < 4.78 is 29.4. The number of hydrogen-bond acceptors (Lipinski definition) is 8. The predicted octanol–water partition coefficient (Wildman–Crippen LogP) is 4.00. The zero-order valence-electron chi connectivity index (χ0n) is 23.9. The first-order valence-corrected chi connectivity index (χ1v) is 14.9. The second-order valence-corrected chi connectivity index (χ2v) is 11.7. The highest BCUT2D eigenvalue weighted by atomic mass is 19.1. The minimum Gasteiger partial charge on any atom is -0.451 e. The van der Waals surface area contributed by atoms with E-state index in [1.807, 2.05) is 24.3 Å². The number of nitrogens with two attached hydrogens (primary N) is 1. The predicted molar refractivity (Wildman–Crippen MR) is 174 cm³/mol. The number of pyridine rings is 1. The molecule has 6 aromatic rings. The second kappa shape index (κ2) is 11.1. The van der Waals surface area contributed by atoms with Gasteiger partial charge >= 0.3 is 0 Å². The van der Waals surface area contributed by atoms with E-state index in [2.05, 4.69) is 10.2 Å². The smallest absolute Gasteiger partial charge is 0.259 e. The molecule has 10 nitrogen and oxygen atoms in total. The standard InChI is InChI=1S/C33H30FN5O5.CH4/c34-25-13-23-29-32(28(25)36-6-8-37-9-11-43-12-10-37)44-27-15-22-21(19-3-1-2-4-20(19)30(22)40)14-26(27)39(29)17-24(31(23)41)33(42)38-7-5-18(35)16-38;/h1-4,13-15,17-18,36H,5-12,16,35H2;1H4/t18-;/m0./s1. The maximum Gasteiger partial charge on any atom is 0.259 e. The van der Waals surface area contributed by atoms with Gasteiger partial charge < -0.3 is 29.5 Å². The molecule has 2 aliphatic heterocycles. The van der Waals surface area contributed by atoms with E-state index < -0.39 is 17.2 Å². The molecule has 0 spiro atoms. The number of anilines is 1. The quantitative estimate of drug-likeness (QED) is 0.222. The topological polar surface area (TPSA) is 123 Å². The maximum absolute atomic E-state index is 15.9. The minimum absolute atomic E-state index is 0. The van der Waals surface area contributed by atoms with Gasteiger partial charge in [-0.2, -0.15) is 0 Å². The Labute approximate surface area is 257 Å². The number of morpholine rings is 1. The van der Waals surface area contributed by atoms with Crippen LogP contribution in [0.3, 0.4) is 0 Å². The fourth-order valence-electron chi connectivity index (χ4n) is 6.76. The summed E-state index contributed by atoms with van der Waals surface area (Å²) >= 11 is 0. The Morgan fingerprint density at radius 2 is 1.76 bits per heavy atom. The summed E-state index contributed by atoms with van der Waals surface area (Å²) in [6.45, 7) is 4.76. The van der Waals surface area contributed by atoms with Crippen LogP contribution in [0.5, 0.6) is 0 Å². The molecule has 2 aromatic heterocycles. The van der Waals surface area contributed by atoms with Crippen molar-refractivity contribution >= 4 is 60.7 Å². The van der Waals surface area contributed by atoms with E-state index in [0.29, 0.717) is 73.2 Å². The summed E-state index contributed by atoms with van der Waals surface area (Å²) in [4.78, 5) is 44.6. The fourth-order valence-corrected chi connectivity index (χ4v) is 6.76. The number of rotatable bonds is 5. The second-order valence-electron chi connectivity index (χ2n) is 11.7. The Bertz CT molecular complexity index is 2240. The molecule has 4 aromatic carbocycles. The van der Waals surface area contributed by atoms with Crippen LogP contribution in [0, 0.1) is 5.82 Å². The van der Waals surface area contributed by atoms with Crippen molar-refractivity contribution in [2.45, 2.75) is 19.9 Å². The fraction of sp³-hybridized carbons (Fsp3) is 0.324. The van der Waals surface area contributed by atoms with Gasteiger partial charge in [0.1, 0.15) is 16.8 Å². The van der Waals surface area contributed by atoms with E-state index in [1.165, 1.54) is 12.3 Å². The third kappa shape index (κ3) is 4.61. The van der Waals surface area contributed by atoms with Gasteiger partial charge in [-0.1, -0.05) is 31.7 Å². The maximum atomic E-state index is 15.9. The number of likely N-dealkylation sites (tertiary alicyclic amines) is 1. The highest BCUT2D eigenvalue weighted by Gasteiger charge is 2.29. The number of fused-ring (bicyclic) bond motifs is 5. The lowest BCUT2D eigenvalue weighted by Crippen LogP contribution is -2.39. The van der Waals surface area contributed by atoms with Crippen molar-refractivity contribution in [3.8, 4) is 0 Å². The number of carbonyl (C=O) groups is 1. The number of carbonyl (C=O) groups excluding carboxylic acids is 1. The van der Waals surface area contributed by atoms with Gasteiger partial charge in [-0.05, 0) is 35.4 Å². The average molecular weight is 612 g/mol.